The standard InChI is InChI=1S/C36H28ClF4NO8/c1-47-30-15-13-25(37)17-28(30)35(38)27-14-12-24(36(39,40)41)16-29(27)42(34(35)46)21-50-33(45)26(32(44)49-20-23-10-6-3-7-11-23)18-31(43)48-19-22-8-4-2-5-9-22/h2-17,26H,18-21H2,1H3/t26-,35-/m0/s1. The van der Waals surface area contributed by atoms with E-state index in [1.54, 1.807) is 60.7 Å². The van der Waals surface area contributed by atoms with Gasteiger partial charge in [0.15, 0.2) is 12.6 Å². The number of halogens is 5. The highest BCUT2D eigenvalue weighted by Gasteiger charge is 2.56. The summed E-state index contributed by atoms with van der Waals surface area (Å²) in [6, 6.07) is 22.6. The van der Waals surface area contributed by atoms with Crippen LogP contribution >= 0.6 is 11.6 Å². The first-order valence-corrected chi connectivity index (χ1v) is 15.3. The number of anilines is 1. The van der Waals surface area contributed by atoms with Gasteiger partial charge in [0.25, 0.3) is 5.91 Å². The topological polar surface area (TPSA) is 108 Å². The van der Waals surface area contributed by atoms with Crippen LogP contribution in [0.15, 0.2) is 97.1 Å². The number of esters is 3. The second kappa shape index (κ2) is 15.0. The normalized spacial score (nSPS) is 16.0. The number of amides is 1. The van der Waals surface area contributed by atoms with Crippen molar-refractivity contribution in [2.75, 3.05) is 18.7 Å². The summed E-state index contributed by atoms with van der Waals surface area (Å²) in [5.41, 5.74) is -4.63. The predicted molar refractivity (Wildman–Crippen MR) is 170 cm³/mol. The molecule has 1 aliphatic rings. The lowest BCUT2D eigenvalue weighted by Gasteiger charge is -2.23. The van der Waals surface area contributed by atoms with E-state index in [1.807, 2.05) is 0 Å². The summed E-state index contributed by atoms with van der Waals surface area (Å²) >= 11 is 6.09. The first kappa shape index (κ1) is 35.9. The van der Waals surface area contributed by atoms with E-state index < -0.39 is 77.1 Å². The Morgan fingerprint density at radius 1 is 0.800 bits per heavy atom. The summed E-state index contributed by atoms with van der Waals surface area (Å²) in [7, 11) is 1.20. The van der Waals surface area contributed by atoms with Gasteiger partial charge in [-0.2, -0.15) is 13.2 Å². The number of methoxy groups -OCH3 is 1. The van der Waals surface area contributed by atoms with Crippen molar-refractivity contribution >= 4 is 41.1 Å². The number of hydrogen-bond donors (Lipinski definition) is 0. The van der Waals surface area contributed by atoms with Crippen LogP contribution in [-0.2, 0) is 58.4 Å². The Hall–Kier alpha value is -5.43. The second-order valence-electron chi connectivity index (χ2n) is 11.1. The van der Waals surface area contributed by atoms with Gasteiger partial charge in [0.1, 0.15) is 19.0 Å². The lowest BCUT2D eigenvalue weighted by Crippen LogP contribution is -2.41. The fourth-order valence-corrected chi connectivity index (χ4v) is 5.43. The fraction of sp³-hybridized carbons (Fsp3) is 0.222. The molecule has 0 unspecified atom stereocenters. The van der Waals surface area contributed by atoms with Crippen LogP contribution < -0.4 is 9.64 Å². The van der Waals surface area contributed by atoms with E-state index in [-0.39, 0.29) is 24.0 Å². The van der Waals surface area contributed by atoms with Gasteiger partial charge in [-0.1, -0.05) is 78.3 Å². The molecule has 0 spiro atoms. The van der Waals surface area contributed by atoms with Crippen molar-refractivity contribution in [3.63, 3.8) is 0 Å². The van der Waals surface area contributed by atoms with Crippen LogP contribution in [0, 0.1) is 5.92 Å². The highest BCUT2D eigenvalue weighted by Crippen LogP contribution is 2.51. The first-order chi connectivity index (χ1) is 23.8. The van der Waals surface area contributed by atoms with Crippen molar-refractivity contribution in [2.45, 2.75) is 31.5 Å². The third-order valence-electron chi connectivity index (χ3n) is 7.80. The Morgan fingerprint density at radius 2 is 1.40 bits per heavy atom. The third-order valence-corrected chi connectivity index (χ3v) is 8.04. The van der Waals surface area contributed by atoms with Crippen molar-refractivity contribution in [3.8, 4) is 5.75 Å². The molecule has 50 heavy (non-hydrogen) atoms. The van der Waals surface area contributed by atoms with Crippen LogP contribution in [0.1, 0.15) is 34.2 Å². The van der Waals surface area contributed by atoms with Gasteiger partial charge in [-0.3, -0.25) is 24.1 Å². The maximum atomic E-state index is 17.1. The number of fused-ring (bicyclic) bond motifs is 1. The Bertz CT molecular complexity index is 1890. The number of hydrogen-bond acceptors (Lipinski definition) is 8. The predicted octanol–water partition coefficient (Wildman–Crippen LogP) is 6.92. The molecule has 1 amide bonds. The van der Waals surface area contributed by atoms with Gasteiger partial charge >= 0.3 is 24.1 Å². The molecule has 0 bridgehead atoms. The molecule has 0 fully saturated rings. The van der Waals surface area contributed by atoms with Crippen LogP contribution in [0.5, 0.6) is 5.75 Å². The molecule has 0 radical (unpaired) electrons. The van der Waals surface area contributed by atoms with E-state index in [1.165, 1.54) is 19.2 Å². The Morgan fingerprint density at radius 3 is 2.00 bits per heavy atom. The minimum atomic E-state index is -4.89. The maximum Gasteiger partial charge on any atom is 0.416 e. The molecule has 0 saturated heterocycles. The van der Waals surface area contributed by atoms with Gasteiger partial charge in [-0.15, -0.1) is 0 Å². The van der Waals surface area contributed by atoms with Gasteiger partial charge in [0.05, 0.1) is 24.8 Å². The quantitative estimate of drug-likeness (QED) is 0.0674. The molecule has 4 aromatic carbocycles. The molecule has 5 rings (SSSR count). The first-order valence-electron chi connectivity index (χ1n) is 15.0. The molecule has 4 aromatic rings. The molecular formula is C36H28ClF4NO8. The molecule has 2 atom stereocenters. The highest BCUT2D eigenvalue weighted by molar-refractivity contribution is 6.30. The summed E-state index contributed by atoms with van der Waals surface area (Å²) in [6.07, 6.45) is -5.72. The zero-order valence-corrected chi connectivity index (χ0v) is 27.0. The minimum Gasteiger partial charge on any atom is -0.496 e. The van der Waals surface area contributed by atoms with Gasteiger partial charge in [-0.05, 0) is 41.5 Å². The molecule has 260 valence electrons. The molecule has 0 N–H and O–H groups in total. The molecule has 14 heteroatoms. The van der Waals surface area contributed by atoms with Crippen LogP contribution in [-0.4, -0.2) is 37.7 Å². The zero-order valence-electron chi connectivity index (χ0n) is 26.2. The maximum absolute atomic E-state index is 17.1. The number of alkyl halides is 4. The number of rotatable bonds is 12. The molecular weight excluding hydrogens is 686 g/mol. The van der Waals surface area contributed by atoms with Crippen LogP contribution in [0.25, 0.3) is 0 Å². The summed E-state index contributed by atoms with van der Waals surface area (Å²) in [5.74, 6) is -7.00. The lowest BCUT2D eigenvalue weighted by atomic mass is 9.88. The van der Waals surface area contributed by atoms with Crippen LogP contribution in [0.3, 0.4) is 0 Å². The molecule has 0 saturated carbocycles. The van der Waals surface area contributed by atoms with E-state index in [0.717, 1.165) is 12.1 Å². The molecule has 9 nitrogen and oxygen atoms in total. The summed E-state index contributed by atoms with van der Waals surface area (Å²) in [6.45, 7) is -1.58. The van der Waals surface area contributed by atoms with Crippen molar-refractivity contribution in [2.24, 2.45) is 5.92 Å². The summed E-state index contributed by atoms with van der Waals surface area (Å²) in [4.78, 5) is 53.6. The van der Waals surface area contributed by atoms with Gasteiger partial charge in [0, 0.05) is 16.1 Å². The van der Waals surface area contributed by atoms with Crippen LogP contribution in [0.2, 0.25) is 5.02 Å². The smallest absolute Gasteiger partial charge is 0.416 e. The Kier molecular flexibility index (Phi) is 10.8. The largest absolute Gasteiger partial charge is 0.496 e. The monoisotopic (exact) mass is 713 g/mol. The van der Waals surface area contributed by atoms with Crippen molar-refractivity contribution in [3.05, 3.63) is 130 Å². The number of nitrogens with zero attached hydrogens (tertiary/aromatic N) is 1. The van der Waals surface area contributed by atoms with E-state index in [0.29, 0.717) is 28.2 Å². The third kappa shape index (κ3) is 7.73. The van der Waals surface area contributed by atoms with E-state index in [2.05, 4.69) is 0 Å². The Labute approximate surface area is 288 Å². The number of benzene rings is 4. The summed E-state index contributed by atoms with van der Waals surface area (Å²) in [5, 5.41) is -0.0000262. The average molecular weight is 714 g/mol. The number of ether oxygens (including phenoxy) is 4. The minimum absolute atomic E-state index is 0.0000262. The molecule has 0 aromatic heterocycles. The lowest BCUT2D eigenvalue weighted by molar-refractivity contribution is -0.168. The number of carbonyl (C=O) groups excluding carboxylic acids is 4. The van der Waals surface area contributed by atoms with Crippen LogP contribution in [0.4, 0.5) is 23.2 Å². The number of carbonyl (C=O) groups is 4. The molecule has 1 heterocycles. The van der Waals surface area contributed by atoms with E-state index in [4.69, 9.17) is 30.5 Å². The molecule has 1 aliphatic heterocycles. The fourth-order valence-electron chi connectivity index (χ4n) is 5.26. The van der Waals surface area contributed by atoms with Crippen molar-refractivity contribution in [1.82, 2.24) is 0 Å². The van der Waals surface area contributed by atoms with E-state index >= 15 is 4.39 Å². The molecule has 0 aliphatic carbocycles. The van der Waals surface area contributed by atoms with Crippen molar-refractivity contribution < 1.29 is 55.7 Å². The van der Waals surface area contributed by atoms with Gasteiger partial charge in [-0.25, -0.2) is 4.39 Å². The SMILES string of the molecule is COc1ccc(Cl)cc1[C@]1(F)C(=O)N(COC(=O)[C@@H](CC(=O)OCc2ccccc2)C(=O)OCc2ccccc2)c2cc(C(F)(F)F)ccc21. The highest BCUT2D eigenvalue weighted by atomic mass is 35.5. The summed E-state index contributed by atoms with van der Waals surface area (Å²) < 4.78 is 79.3. The zero-order chi connectivity index (χ0) is 36.1. The van der Waals surface area contributed by atoms with Crippen molar-refractivity contribution in [1.29, 1.82) is 0 Å². The van der Waals surface area contributed by atoms with Gasteiger partial charge in [0.2, 0.25) is 5.67 Å². The van der Waals surface area contributed by atoms with Gasteiger partial charge < -0.3 is 18.9 Å². The second-order valence-corrected chi connectivity index (χ2v) is 11.5. The Balaban J connectivity index is 1.42. The average Bonchev–Trinajstić information content (AvgIpc) is 3.33. The van der Waals surface area contributed by atoms with E-state index in [9.17, 15) is 32.3 Å².